The van der Waals surface area contributed by atoms with Gasteiger partial charge in [0.15, 0.2) is 12.6 Å². The van der Waals surface area contributed by atoms with Crippen LogP contribution in [-0.2, 0) is 11.3 Å². The van der Waals surface area contributed by atoms with Crippen LogP contribution in [0.15, 0.2) is 60.7 Å². The van der Waals surface area contributed by atoms with Gasteiger partial charge in [0.1, 0.15) is 12.6 Å². The number of carbonyl (C=O) groups is 1. The fourth-order valence-electron chi connectivity index (χ4n) is 4.56. The highest BCUT2D eigenvalue weighted by atomic mass is 16.6. The molecule has 0 N–H and O–H groups in total. The highest BCUT2D eigenvalue weighted by Gasteiger charge is 2.47. The molecular weight excluding hydrogens is 350 g/mol. The lowest BCUT2D eigenvalue weighted by atomic mass is 9.83. The van der Waals surface area contributed by atoms with E-state index >= 15 is 0 Å². The molecule has 3 aliphatic heterocycles. The van der Waals surface area contributed by atoms with Crippen LogP contribution in [0, 0.1) is 17.2 Å². The number of hydrogen-bond donors (Lipinski definition) is 0. The average Bonchev–Trinajstić information content (AvgIpc) is 2.74. The number of amides is 1. The second-order valence-corrected chi connectivity index (χ2v) is 7.95. The number of para-hydroxylation sites is 1. The van der Waals surface area contributed by atoms with Gasteiger partial charge < -0.3 is 9.22 Å². The molecule has 0 aromatic heterocycles. The number of carbonyl (C=O) groups excluding carboxylic acids is 1. The Labute approximate surface area is 166 Å². The second kappa shape index (κ2) is 8.04. The SMILES string of the molecule is N#CC[N+]12CCC(CC1)[C@@H](OC(=O)N(Cc1ccccc1)c1ccccc1)C2. The summed E-state index contributed by atoms with van der Waals surface area (Å²) in [5.74, 6) is 0.414. The number of benzene rings is 2. The Morgan fingerprint density at radius 1 is 1.07 bits per heavy atom. The first-order chi connectivity index (χ1) is 13.7. The second-order valence-electron chi connectivity index (χ2n) is 7.95. The number of ether oxygens (including phenoxy) is 1. The van der Waals surface area contributed by atoms with E-state index in [2.05, 4.69) is 6.07 Å². The van der Waals surface area contributed by atoms with Crippen molar-refractivity contribution in [1.82, 2.24) is 0 Å². The highest BCUT2D eigenvalue weighted by molar-refractivity contribution is 5.87. The number of fused-ring (bicyclic) bond motifs is 3. The Morgan fingerprint density at radius 3 is 2.36 bits per heavy atom. The molecule has 1 atom stereocenters. The third-order valence-corrected chi connectivity index (χ3v) is 6.17. The maximum absolute atomic E-state index is 13.2. The van der Waals surface area contributed by atoms with Gasteiger partial charge in [-0.3, -0.25) is 4.90 Å². The fourth-order valence-corrected chi connectivity index (χ4v) is 4.56. The molecule has 144 valence electrons. The van der Waals surface area contributed by atoms with Crippen molar-refractivity contribution >= 4 is 11.8 Å². The van der Waals surface area contributed by atoms with Crippen molar-refractivity contribution in [3.8, 4) is 6.07 Å². The van der Waals surface area contributed by atoms with Crippen molar-refractivity contribution in [2.45, 2.75) is 25.5 Å². The minimum absolute atomic E-state index is 0.106. The first-order valence-corrected chi connectivity index (χ1v) is 9.98. The largest absolute Gasteiger partial charge is 0.440 e. The monoisotopic (exact) mass is 376 g/mol. The van der Waals surface area contributed by atoms with Crippen molar-refractivity contribution < 1.29 is 14.0 Å². The predicted molar refractivity (Wildman–Crippen MR) is 107 cm³/mol. The molecule has 28 heavy (non-hydrogen) atoms. The van der Waals surface area contributed by atoms with Gasteiger partial charge in [0.05, 0.1) is 19.6 Å². The molecule has 0 unspecified atom stereocenters. The molecule has 0 saturated carbocycles. The van der Waals surface area contributed by atoms with Crippen molar-refractivity contribution in [1.29, 1.82) is 5.26 Å². The minimum Gasteiger partial charge on any atom is -0.440 e. The van der Waals surface area contributed by atoms with Gasteiger partial charge in [-0.25, -0.2) is 4.79 Å². The summed E-state index contributed by atoms with van der Waals surface area (Å²) < 4.78 is 6.82. The van der Waals surface area contributed by atoms with Crippen LogP contribution in [0.1, 0.15) is 18.4 Å². The van der Waals surface area contributed by atoms with Gasteiger partial charge in [-0.15, -0.1) is 0 Å². The maximum Gasteiger partial charge on any atom is 0.415 e. The van der Waals surface area contributed by atoms with Crippen molar-refractivity contribution in [2.75, 3.05) is 31.1 Å². The summed E-state index contributed by atoms with van der Waals surface area (Å²) in [6.07, 6.45) is 1.65. The number of quaternary nitrogens is 1. The van der Waals surface area contributed by atoms with Gasteiger partial charge in [0, 0.05) is 24.4 Å². The lowest BCUT2D eigenvalue weighted by molar-refractivity contribution is -0.940. The third kappa shape index (κ3) is 3.88. The van der Waals surface area contributed by atoms with Gasteiger partial charge in [0.25, 0.3) is 0 Å². The third-order valence-electron chi connectivity index (χ3n) is 6.17. The Hall–Kier alpha value is -2.84. The van der Waals surface area contributed by atoms with Crippen LogP contribution in [0.25, 0.3) is 0 Å². The Balaban J connectivity index is 1.52. The summed E-state index contributed by atoms with van der Waals surface area (Å²) in [5.41, 5.74) is 1.89. The van der Waals surface area contributed by atoms with E-state index in [0.29, 0.717) is 19.0 Å². The van der Waals surface area contributed by atoms with Crippen LogP contribution in [0.3, 0.4) is 0 Å². The normalized spacial score (nSPS) is 25.7. The fraction of sp³-hybridized carbons (Fsp3) is 0.391. The summed E-state index contributed by atoms with van der Waals surface area (Å²) >= 11 is 0. The minimum atomic E-state index is -0.302. The van der Waals surface area contributed by atoms with E-state index in [1.165, 1.54) is 0 Å². The van der Waals surface area contributed by atoms with E-state index in [-0.39, 0.29) is 12.2 Å². The topological polar surface area (TPSA) is 53.3 Å². The molecule has 5 heteroatoms. The summed E-state index contributed by atoms with van der Waals surface area (Å²) in [5, 5.41) is 9.22. The molecule has 2 bridgehead atoms. The molecule has 0 radical (unpaired) electrons. The summed E-state index contributed by atoms with van der Waals surface area (Å²) in [6, 6.07) is 22.0. The molecule has 5 nitrogen and oxygen atoms in total. The highest BCUT2D eigenvalue weighted by Crippen LogP contribution is 2.35. The van der Waals surface area contributed by atoms with Crippen molar-refractivity contribution in [2.24, 2.45) is 5.92 Å². The predicted octanol–water partition coefficient (Wildman–Crippen LogP) is 3.96. The lowest BCUT2D eigenvalue weighted by Gasteiger charge is -2.50. The Morgan fingerprint density at radius 2 is 1.71 bits per heavy atom. The van der Waals surface area contributed by atoms with Gasteiger partial charge >= 0.3 is 6.09 Å². The zero-order valence-corrected chi connectivity index (χ0v) is 16.0. The zero-order chi connectivity index (χ0) is 19.4. The average molecular weight is 376 g/mol. The number of nitrogens with zero attached hydrogens (tertiary/aromatic N) is 3. The summed E-state index contributed by atoms with van der Waals surface area (Å²) in [6.45, 7) is 3.79. The van der Waals surface area contributed by atoms with E-state index in [4.69, 9.17) is 4.74 Å². The van der Waals surface area contributed by atoms with Crippen LogP contribution in [-0.4, -0.2) is 42.9 Å². The molecule has 2 aromatic carbocycles. The molecule has 3 heterocycles. The lowest BCUT2D eigenvalue weighted by Crippen LogP contribution is -2.64. The Bertz CT molecular complexity index is 839. The van der Waals surface area contributed by atoms with Gasteiger partial charge in [-0.2, -0.15) is 5.26 Å². The van der Waals surface area contributed by atoms with Gasteiger partial charge in [-0.1, -0.05) is 48.5 Å². The molecule has 1 amide bonds. The van der Waals surface area contributed by atoms with Crippen LogP contribution in [0.5, 0.6) is 0 Å². The van der Waals surface area contributed by atoms with E-state index in [9.17, 15) is 10.1 Å². The molecule has 3 fully saturated rings. The van der Waals surface area contributed by atoms with Crippen molar-refractivity contribution in [3.63, 3.8) is 0 Å². The zero-order valence-electron chi connectivity index (χ0n) is 16.0. The van der Waals surface area contributed by atoms with E-state index in [1.54, 1.807) is 4.90 Å². The number of anilines is 1. The van der Waals surface area contributed by atoms with Crippen LogP contribution >= 0.6 is 0 Å². The summed E-state index contributed by atoms with van der Waals surface area (Å²) in [4.78, 5) is 14.9. The molecular formula is C23H26N3O2+. The first-order valence-electron chi connectivity index (χ1n) is 9.98. The molecule has 3 saturated heterocycles. The summed E-state index contributed by atoms with van der Waals surface area (Å²) in [7, 11) is 0. The standard InChI is InChI=1S/C23H26N3O2/c24-13-16-26-14-11-20(12-15-26)22(18-26)28-23(27)25(21-9-5-2-6-10-21)17-19-7-3-1-4-8-19/h1-10,20,22H,11-12,14-18H2/q+1/t20?,22-,26?/m0/s1. The number of hydrogen-bond acceptors (Lipinski definition) is 3. The smallest absolute Gasteiger partial charge is 0.415 e. The first kappa shape index (κ1) is 18.5. The quantitative estimate of drug-likeness (QED) is 0.586. The molecule has 0 aliphatic carbocycles. The molecule has 2 aromatic rings. The molecule has 0 spiro atoms. The van der Waals surface area contributed by atoms with Crippen LogP contribution in [0.4, 0.5) is 10.5 Å². The molecule has 5 rings (SSSR count). The van der Waals surface area contributed by atoms with E-state index in [0.717, 1.165) is 48.2 Å². The molecule has 3 aliphatic rings. The van der Waals surface area contributed by atoms with Crippen molar-refractivity contribution in [3.05, 3.63) is 66.2 Å². The number of piperidine rings is 3. The maximum atomic E-state index is 13.2. The van der Waals surface area contributed by atoms with Gasteiger partial charge in [-0.05, 0) is 17.7 Å². The van der Waals surface area contributed by atoms with Gasteiger partial charge in [0.2, 0.25) is 0 Å². The van der Waals surface area contributed by atoms with Crippen LogP contribution < -0.4 is 4.90 Å². The Kier molecular flexibility index (Phi) is 5.31. The van der Waals surface area contributed by atoms with E-state index in [1.807, 2.05) is 60.7 Å². The number of rotatable bonds is 5. The van der Waals surface area contributed by atoms with Crippen LogP contribution in [0.2, 0.25) is 0 Å². The number of nitriles is 1. The van der Waals surface area contributed by atoms with E-state index < -0.39 is 0 Å².